The van der Waals surface area contributed by atoms with Crippen molar-refractivity contribution >= 4 is 31.6 Å². The topological polar surface area (TPSA) is 77.0 Å². The Kier molecular flexibility index (Phi) is 5.45. The number of aromatic nitrogens is 3. The molecular formula is C26H28FN3O3S. The van der Waals surface area contributed by atoms with Crippen molar-refractivity contribution in [3.05, 3.63) is 59.7 Å². The molecule has 8 heteroatoms. The average Bonchev–Trinajstić information content (AvgIpc) is 3.42. The number of benzene rings is 2. The molecule has 2 fully saturated rings. The summed E-state index contributed by atoms with van der Waals surface area (Å²) in [6, 6.07) is 11.0. The maximum atomic E-state index is 13.8. The smallest absolute Gasteiger partial charge is 0.150 e. The van der Waals surface area contributed by atoms with Gasteiger partial charge in [0, 0.05) is 41.3 Å². The Morgan fingerprint density at radius 3 is 2.53 bits per heavy atom. The Balaban J connectivity index is 1.57. The van der Waals surface area contributed by atoms with E-state index in [2.05, 4.69) is 26.9 Å². The third-order valence-electron chi connectivity index (χ3n) is 7.53. The Bertz CT molecular complexity index is 1440. The molecule has 0 saturated carbocycles. The van der Waals surface area contributed by atoms with E-state index in [1.54, 1.807) is 0 Å². The molecule has 6 rings (SSSR count). The third kappa shape index (κ3) is 3.92. The summed E-state index contributed by atoms with van der Waals surface area (Å²) in [7, 11) is -2.91. The molecule has 0 radical (unpaired) electrons. The summed E-state index contributed by atoms with van der Waals surface area (Å²) in [4.78, 5) is 0. The number of aromatic amines is 1. The van der Waals surface area contributed by atoms with Crippen LogP contribution in [0, 0.1) is 11.7 Å². The number of rotatable bonds is 4. The standard InChI is InChI=1S/C26H28FN3O3S/c27-20-1-3-21(4-2-20)30-25-14-19-16-28-29-24(19)15-22(25)23(26(30)18-5-9-33-10-6-18)13-17-7-11-34(31,32)12-8-17/h1-4,14-18H,5-13H2,(H,28,29). The number of nitrogens with zero attached hydrogens (tertiary/aromatic N) is 2. The zero-order valence-electron chi connectivity index (χ0n) is 19.0. The predicted octanol–water partition coefficient (Wildman–Crippen LogP) is 4.91. The second kappa shape index (κ2) is 8.50. The first-order valence-corrected chi connectivity index (χ1v) is 13.8. The zero-order valence-corrected chi connectivity index (χ0v) is 19.8. The molecule has 0 bridgehead atoms. The van der Waals surface area contributed by atoms with Crippen molar-refractivity contribution in [3.63, 3.8) is 0 Å². The molecule has 0 spiro atoms. The molecule has 34 heavy (non-hydrogen) atoms. The number of ether oxygens (including phenoxy) is 1. The van der Waals surface area contributed by atoms with Crippen molar-refractivity contribution in [2.75, 3.05) is 24.7 Å². The number of hydrogen-bond acceptors (Lipinski definition) is 4. The van der Waals surface area contributed by atoms with Gasteiger partial charge in [0.05, 0.1) is 28.7 Å². The SMILES string of the molecule is O=S1(=O)CCC(Cc2c(C3CCOCC3)n(-c3ccc(F)cc3)c3cc4cn[nH]c4cc23)CC1. The lowest BCUT2D eigenvalue weighted by Gasteiger charge is -2.27. The van der Waals surface area contributed by atoms with Gasteiger partial charge in [-0.05, 0) is 80.0 Å². The van der Waals surface area contributed by atoms with Crippen LogP contribution < -0.4 is 0 Å². The van der Waals surface area contributed by atoms with E-state index in [4.69, 9.17) is 4.74 Å². The van der Waals surface area contributed by atoms with E-state index in [1.807, 2.05) is 18.3 Å². The lowest BCUT2D eigenvalue weighted by Crippen LogP contribution is -2.25. The zero-order chi connectivity index (χ0) is 23.3. The number of H-pyrrole nitrogens is 1. The molecule has 0 atom stereocenters. The second-order valence-electron chi connectivity index (χ2n) is 9.69. The first-order valence-electron chi connectivity index (χ1n) is 12.0. The summed E-state index contributed by atoms with van der Waals surface area (Å²) in [5.41, 5.74) is 5.55. The average molecular weight is 482 g/mol. The van der Waals surface area contributed by atoms with E-state index in [1.165, 1.54) is 23.4 Å². The van der Waals surface area contributed by atoms with Crippen molar-refractivity contribution in [1.29, 1.82) is 0 Å². The highest BCUT2D eigenvalue weighted by Gasteiger charge is 2.30. The van der Waals surface area contributed by atoms with Crippen LogP contribution in [-0.2, 0) is 21.0 Å². The van der Waals surface area contributed by atoms with Crippen molar-refractivity contribution in [1.82, 2.24) is 14.8 Å². The minimum Gasteiger partial charge on any atom is -0.381 e. The van der Waals surface area contributed by atoms with Crippen LogP contribution in [0.25, 0.3) is 27.5 Å². The highest BCUT2D eigenvalue weighted by molar-refractivity contribution is 7.91. The fraction of sp³-hybridized carbons (Fsp3) is 0.423. The van der Waals surface area contributed by atoms with Gasteiger partial charge in [-0.15, -0.1) is 0 Å². The Morgan fingerprint density at radius 2 is 1.79 bits per heavy atom. The largest absolute Gasteiger partial charge is 0.381 e. The molecule has 0 aliphatic carbocycles. The molecule has 2 aromatic carbocycles. The molecule has 2 aromatic heterocycles. The molecule has 4 heterocycles. The molecular weight excluding hydrogens is 453 g/mol. The quantitative estimate of drug-likeness (QED) is 0.449. The molecule has 2 aliphatic heterocycles. The van der Waals surface area contributed by atoms with Crippen LogP contribution in [0.5, 0.6) is 0 Å². The number of hydrogen-bond donors (Lipinski definition) is 1. The lowest BCUT2D eigenvalue weighted by molar-refractivity contribution is 0.0840. The molecule has 6 nitrogen and oxygen atoms in total. The first-order chi connectivity index (χ1) is 16.5. The Labute approximate surface area is 198 Å². The van der Waals surface area contributed by atoms with E-state index in [0.29, 0.717) is 24.7 Å². The maximum Gasteiger partial charge on any atom is 0.150 e. The number of nitrogens with one attached hydrogen (secondary N) is 1. The Morgan fingerprint density at radius 1 is 1.06 bits per heavy atom. The fourth-order valence-electron chi connectivity index (χ4n) is 5.72. The van der Waals surface area contributed by atoms with Gasteiger partial charge in [0.25, 0.3) is 0 Å². The monoisotopic (exact) mass is 481 g/mol. The van der Waals surface area contributed by atoms with Gasteiger partial charge < -0.3 is 9.30 Å². The predicted molar refractivity (Wildman–Crippen MR) is 131 cm³/mol. The molecule has 0 unspecified atom stereocenters. The van der Waals surface area contributed by atoms with Crippen LogP contribution in [0.2, 0.25) is 0 Å². The van der Waals surface area contributed by atoms with Crippen LogP contribution in [0.1, 0.15) is 42.9 Å². The molecule has 4 aromatic rings. The van der Waals surface area contributed by atoms with Crippen molar-refractivity contribution in [3.8, 4) is 5.69 Å². The van der Waals surface area contributed by atoms with Gasteiger partial charge in [0.1, 0.15) is 15.7 Å². The summed E-state index contributed by atoms with van der Waals surface area (Å²) in [5.74, 6) is 0.933. The molecule has 0 amide bonds. The van der Waals surface area contributed by atoms with Crippen LogP contribution in [0.15, 0.2) is 42.6 Å². The van der Waals surface area contributed by atoms with Crippen LogP contribution in [-0.4, -0.2) is 47.9 Å². The normalized spacial score (nSPS) is 19.8. The van der Waals surface area contributed by atoms with E-state index >= 15 is 0 Å². The van der Waals surface area contributed by atoms with E-state index in [9.17, 15) is 12.8 Å². The second-order valence-corrected chi connectivity index (χ2v) is 12.0. The van der Waals surface area contributed by atoms with E-state index in [-0.39, 0.29) is 17.3 Å². The summed E-state index contributed by atoms with van der Waals surface area (Å²) < 4.78 is 45.9. The molecule has 2 aliphatic rings. The van der Waals surface area contributed by atoms with Crippen molar-refractivity contribution in [2.24, 2.45) is 5.92 Å². The summed E-state index contributed by atoms with van der Waals surface area (Å²) >= 11 is 0. The van der Waals surface area contributed by atoms with Crippen LogP contribution in [0.3, 0.4) is 0 Å². The van der Waals surface area contributed by atoms with Gasteiger partial charge in [0.15, 0.2) is 0 Å². The van der Waals surface area contributed by atoms with Crippen LogP contribution >= 0.6 is 0 Å². The molecule has 1 N–H and O–H groups in total. The Hall–Kier alpha value is -2.71. The van der Waals surface area contributed by atoms with Gasteiger partial charge in [-0.25, -0.2) is 12.8 Å². The van der Waals surface area contributed by atoms with Gasteiger partial charge in [-0.2, -0.15) is 5.10 Å². The van der Waals surface area contributed by atoms with E-state index in [0.717, 1.165) is 60.0 Å². The minimum atomic E-state index is -2.91. The third-order valence-corrected chi connectivity index (χ3v) is 9.25. The summed E-state index contributed by atoms with van der Waals surface area (Å²) in [5, 5.41) is 9.52. The molecule has 178 valence electrons. The summed E-state index contributed by atoms with van der Waals surface area (Å²) in [6.45, 7) is 1.45. The van der Waals surface area contributed by atoms with Gasteiger partial charge in [-0.1, -0.05) is 0 Å². The van der Waals surface area contributed by atoms with Crippen LogP contribution in [0.4, 0.5) is 4.39 Å². The highest BCUT2D eigenvalue weighted by Crippen LogP contribution is 2.41. The number of halogens is 1. The summed E-state index contributed by atoms with van der Waals surface area (Å²) in [6.07, 6.45) is 5.94. The van der Waals surface area contributed by atoms with Crippen molar-refractivity contribution < 1.29 is 17.5 Å². The highest BCUT2D eigenvalue weighted by atomic mass is 32.2. The molecule has 2 saturated heterocycles. The van der Waals surface area contributed by atoms with Gasteiger partial charge in [-0.3, -0.25) is 5.10 Å². The van der Waals surface area contributed by atoms with Crippen molar-refractivity contribution in [2.45, 2.75) is 38.0 Å². The van der Waals surface area contributed by atoms with E-state index < -0.39 is 9.84 Å². The number of sulfone groups is 1. The lowest BCUT2D eigenvalue weighted by atomic mass is 9.87. The first kappa shape index (κ1) is 21.8. The van der Waals surface area contributed by atoms with Gasteiger partial charge in [0.2, 0.25) is 0 Å². The minimum absolute atomic E-state index is 0.256. The number of fused-ring (bicyclic) bond motifs is 2. The maximum absolute atomic E-state index is 13.8. The fourth-order valence-corrected chi connectivity index (χ4v) is 7.31. The van der Waals surface area contributed by atoms with Gasteiger partial charge >= 0.3 is 0 Å².